The molecule has 0 aliphatic carbocycles. The number of nitrogens with zero attached hydrogens (tertiary/aromatic N) is 1. The zero-order valence-corrected chi connectivity index (χ0v) is 11.7. The molecule has 1 heterocycles. The third-order valence-electron chi connectivity index (χ3n) is 2.50. The molecule has 2 unspecified atom stereocenters. The number of amides is 2. The molecule has 0 aromatic carbocycles. The first-order valence-electron chi connectivity index (χ1n) is 6.14. The molecule has 0 aliphatic heterocycles. The van der Waals surface area contributed by atoms with Gasteiger partial charge in [-0.25, -0.2) is 9.78 Å². The fraction of sp³-hybridized carbons (Fsp3) is 0.667. The molecule has 0 saturated carbocycles. The number of hydrogen-bond acceptors (Lipinski definition) is 4. The minimum atomic E-state index is -0.325. The summed E-state index contributed by atoms with van der Waals surface area (Å²) in [6.07, 6.45) is 1.12. The standard InChI is InChI=1S/C12H21N3O2S/c1-9(5-10(2)16)6-14-12(17)13-4-3-11-7-18-8-15-11/h7-10,16H,3-6H2,1-2H3,(H2,13,14,17). The van der Waals surface area contributed by atoms with E-state index in [1.165, 1.54) is 0 Å². The molecule has 0 fully saturated rings. The Kier molecular flexibility index (Phi) is 6.67. The summed E-state index contributed by atoms with van der Waals surface area (Å²) in [5.41, 5.74) is 2.79. The normalized spacial score (nSPS) is 13.9. The third-order valence-corrected chi connectivity index (χ3v) is 3.14. The van der Waals surface area contributed by atoms with Crippen molar-refractivity contribution < 1.29 is 9.90 Å². The average Bonchev–Trinajstić information content (AvgIpc) is 2.78. The quantitative estimate of drug-likeness (QED) is 0.701. The second-order valence-electron chi connectivity index (χ2n) is 4.56. The van der Waals surface area contributed by atoms with Gasteiger partial charge in [0, 0.05) is 24.9 Å². The van der Waals surface area contributed by atoms with E-state index in [1.54, 1.807) is 23.8 Å². The summed E-state index contributed by atoms with van der Waals surface area (Å²) < 4.78 is 0. The Labute approximate surface area is 112 Å². The predicted octanol–water partition coefficient (Wildman–Crippen LogP) is 1.39. The van der Waals surface area contributed by atoms with E-state index in [2.05, 4.69) is 15.6 Å². The average molecular weight is 271 g/mol. The summed E-state index contributed by atoms with van der Waals surface area (Å²) in [5.74, 6) is 0.272. The number of nitrogens with one attached hydrogen (secondary N) is 2. The Hall–Kier alpha value is -1.14. The van der Waals surface area contributed by atoms with Crippen LogP contribution >= 0.6 is 11.3 Å². The number of carbonyl (C=O) groups excluding carboxylic acids is 1. The maximum absolute atomic E-state index is 11.5. The Balaban J connectivity index is 2.07. The lowest BCUT2D eigenvalue weighted by atomic mass is 10.1. The van der Waals surface area contributed by atoms with E-state index in [1.807, 2.05) is 12.3 Å². The summed E-state index contributed by atoms with van der Waals surface area (Å²) in [7, 11) is 0. The van der Waals surface area contributed by atoms with Gasteiger partial charge in [-0.2, -0.15) is 0 Å². The van der Waals surface area contributed by atoms with Gasteiger partial charge in [0.15, 0.2) is 0 Å². The summed E-state index contributed by atoms with van der Waals surface area (Å²) in [6.45, 7) is 4.92. The highest BCUT2D eigenvalue weighted by molar-refractivity contribution is 7.07. The fourth-order valence-electron chi connectivity index (χ4n) is 1.66. The van der Waals surface area contributed by atoms with E-state index < -0.39 is 0 Å². The zero-order valence-electron chi connectivity index (χ0n) is 10.8. The lowest BCUT2D eigenvalue weighted by molar-refractivity contribution is 0.163. The molecule has 6 heteroatoms. The van der Waals surface area contributed by atoms with Crippen molar-refractivity contribution in [3.63, 3.8) is 0 Å². The number of rotatable bonds is 7. The van der Waals surface area contributed by atoms with Crippen molar-refractivity contribution >= 4 is 17.4 Å². The maximum Gasteiger partial charge on any atom is 0.314 e. The van der Waals surface area contributed by atoms with Gasteiger partial charge in [-0.15, -0.1) is 11.3 Å². The third kappa shape index (κ3) is 6.56. The Bertz CT molecular complexity index is 341. The number of thiazole rings is 1. The zero-order chi connectivity index (χ0) is 13.4. The maximum atomic E-state index is 11.5. The van der Waals surface area contributed by atoms with Crippen LogP contribution in [-0.2, 0) is 6.42 Å². The Morgan fingerprint density at radius 2 is 2.28 bits per heavy atom. The van der Waals surface area contributed by atoms with Gasteiger partial charge in [0.2, 0.25) is 0 Å². The van der Waals surface area contributed by atoms with Gasteiger partial charge in [-0.05, 0) is 19.3 Å². The molecule has 3 N–H and O–H groups in total. The van der Waals surface area contributed by atoms with Crippen LogP contribution in [0.15, 0.2) is 10.9 Å². The number of aliphatic hydroxyl groups excluding tert-OH is 1. The first-order valence-corrected chi connectivity index (χ1v) is 7.09. The van der Waals surface area contributed by atoms with Crippen LogP contribution in [0.3, 0.4) is 0 Å². The first-order chi connectivity index (χ1) is 8.58. The molecule has 2 atom stereocenters. The van der Waals surface area contributed by atoms with E-state index in [4.69, 9.17) is 0 Å². The first kappa shape index (κ1) is 14.9. The summed E-state index contributed by atoms with van der Waals surface area (Å²) in [5, 5.41) is 16.7. The lowest BCUT2D eigenvalue weighted by Gasteiger charge is -2.14. The topological polar surface area (TPSA) is 74.2 Å². The van der Waals surface area contributed by atoms with E-state index in [9.17, 15) is 9.90 Å². The van der Waals surface area contributed by atoms with Gasteiger partial charge >= 0.3 is 6.03 Å². The van der Waals surface area contributed by atoms with Crippen LogP contribution in [0.4, 0.5) is 4.79 Å². The van der Waals surface area contributed by atoms with Crippen molar-refractivity contribution in [2.24, 2.45) is 5.92 Å². The second kappa shape index (κ2) is 8.05. The minimum Gasteiger partial charge on any atom is -0.393 e. The number of aromatic nitrogens is 1. The molecule has 1 rings (SSSR count). The molecule has 2 amide bonds. The minimum absolute atomic E-state index is 0.164. The van der Waals surface area contributed by atoms with Crippen LogP contribution in [0.2, 0.25) is 0 Å². The highest BCUT2D eigenvalue weighted by atomic mass is 32.1. The van der Waals surface area contributed by atoms with Gasteiger partial charge in [0.1, 0.15) is 0 Å². The largest absolute Gasteiger partial charge is 0.393 e. The van der Waals surface area contributed by atoms with Crippen LogP contribution in [0.1, 0.15) is 26.0 Å². The van der Waals surface area contributed by atoms with Gasteiger partial charge in [0.05, 0.1) is 17.3 Å². The van der Waals surface area contributed by atoms with Gasteiger partial charge in [-0.3, -0.25) is 0 Å². The molecule has 0 radical (unpaired) electrons. The second-order valence-corrected chi connectivity index (χ2v) is 5.28. The molecule has 0 spiro atoms. The highest BCUT2D eigenvalue weighted by Gasteiger charge is 2.07. The molecule has 1 aromatic rings. The number of aliphatic hydroxyl groups is 1. The van der Waals surface area contributed by atoms with E-state index in [-0.39, 0.29) is 18.1 Å². The van der Waals surface area contributed by atoms with Crippen LogP contribution < -0.4 is 10.6 Å². The Morgan fingerprint density at radius 3 is 2.89 bits per heavy atom. The fourth-order valence-corrected chi connectivity index (χ4v) is 2.25. The molecule has 0 aliphatic rings. The molecule has 1 aromatic heterocycles. The van der Waals surface area contributed by atoms with Crippen molar-refractivity contribution in [2.45, 2.75) is 32.8 Å². The van der Waals surface area contributed by atoms with Crippen molar-refractivity contribution in [3.8, 4) is 0 Å². The monoisotopic (exact) mass is 271 g/mol. The van der Waals surface area contributed by atoms with Crippen molar-refractivity contribution in [2.75, 3.05) is 13.1 Å². The lowest BCUT2D eigenvalue weighted by Crippen LogP contribution is -2.39. The van der Waals surface area contributed by atoms with Crippen LogP contribution in [0, 0.1) is 5.92 Å². The summed E-state index contributed by atoms with van der Waals surface area (Å²) in [6, 6.07) is -0.164. The Morgan fingerprint density at radius 1 is 1.50 bits per heavy atom. The highest BCUT2D eigenvalue weighted by Crippen LogP contribution is 2.03. The van der Waals surface area contributed by atoms with Crippen LogP contribution in [0.5, 0.6) is 0 Å². The molecule has 102 valence electrons. The molecule has 18 heavy (non-hydrogen) atoms. The van der Waals surface area contributed by atoms with Crippen molar-refractivity contribution in [3.05, 3.63) is 16.6 Å². The number of carbonyl (C=O) groups is 1. The number of hydrogen-bond donors (Lipinski definition) is 3. The molecule has 0 bridgehead atoms. The molecular weight excluding hydrogens is 250 g/mol. The smallest absolute Gasteiger partial charge is 0.314 e. The van der Waals surface area contributed by atoms with E-state index in [0.29, 0.717) is 19.5 Å². The molecule has 5 nitrogen and oxygen atoms in total. The molecule has 0 saturated heterocycles. The number of urea groups is 1. The van der Waals surface area contributed by atoms with Crippen molar-refractivity contribution in [1.29, 1.82) is 0 Å². The van der Waals surface area contributed by atoms with E-state index in [0.717, 1.165) is 12.1 Å². The summed E-state index contributed by atoms with van der Waals surface area (Å²) >= 11 is 1.56. The van der Waals surface area contributed by atoms with Crippen molar-refractivity contribution in [1.82, 2.24) is 15.6 Å². The predicted molar refractivity (Wildman–Crippen MR) is 72.7 cm³/mol. The summed E-state index contributed by atoms with van der Waals surface area (Å²) in [4.78, 5) is 15.6. The van der Waals surface area contributed by atoms with E-state index >= 15 is 0 Å². The molecular formula is C12H21N3O2S. The van der Waals surface area contributed by atoms with Crippen LogP contribution in [-0.4, -0.2) is 35.3 Å². The van der Waals surface area contributed by atoms with Gasteiger partial charge in [0.25, 0.3) is 0 Å². The SMILES string of the molecule is CC(O)CC(C)CNC(=O)NCCc1cscn1. The van der Waals surface area contributed by atoms with Gasteiger partial charge < -0.3 is 15.7 Å². The van der Waals surface area contributed by atoms with Crippen LogP contribution in [0.25, 0.3) is 0 Å². The van der Waals surface area contributed by atoms with Gasteiger partial charge in [-0.1, -0.05) is 6.92 Å².